The van der Waals surface area contributed by atoms with Gasteiger partial charge in [-0.2, -0.15) is 0 Å². The number of aliphatic hydroxyl groups excluding tert-OH is 2. The molecule has 3 rings (SSSR count). The molecule has 0 amide bonds. The standard InChI is InChI=1S/C22H25NO3/c23-22(15-24,16-25)14-4-5-17-10-12-19(13-11-17)26-21-9-3-7-18-6-1-2-8-20(18)21/h1-3,6-13,24-25H,4-5,14-16,23H2. The Hall–Kier alpha value is -2.40. The highest BCUT2D eigenvalue weighted by Gasteiger charge is 2.22. The average Bonchev–Trinajstić information content (AvgIpc) is 2.69. The van der Waals surface area contributed by atoms with Crippen LogP contribution < -0.4 is 10.5 Å². The summed E-state index contributed by atoms with van der Waals surface area (Å²) in [6.07, 6.45) is 2.23. The van der Waals surface area contributed by atoms with Crippen molar-refractivity contribution in [1.29, 1.82) is 0 Å². The first-order valence-electron chi connectivity index (χ1n) is 8.89. The molecule has 4 nitrogen and oxygen atoms in total. The fourth-order valence-corrected chi connectivity index (χ4v) is 2.99. The van der Waals surface area contributed by atoms with E-state index in [9.17, 15) is 10.2 Å². The smallest absolute Gasteiger partial charge is 0.135 e. The van der Waals surface area contributed by atoms with Gasteiger partial charge in [0, 0.05) is 5.39 Å². The number of nitrogens with two attached hydrogens (primary N) is 1. The van der Waals surface area contributed by atoms with Gasteiger partial charge in [-0.15, -0.1) is 0 Å². The summed E-state index contributed by atoms with van der Waals surface area (Å²) in [5, 5.41) is 20.7. The molecule has 0 radical (unpaired) electrons. The van der Waals surface area contributed by atoms with Crippen molar-refractivity contribution in [2.45, 2.75) is 24.8 Å². The van der Waals surface area contributed by atoms with Crippen LogP contribution in [0.4, 0.5) is 0 Å². The molecule has 4 N–H and O–H groups in total. The minimum absolute atomic E-state index is 0.207. The molecule has 4 heteroatoms. The average molecular weight is 351 g/mol. The fraction of sp³-hybridized carbons (Fsp3) is 0.273. The highest BCUT2D eigenvalue weighted by Crippen LogP contribution is 2.30. The van der Waals surface area contributed by atoms with Crippen LogP contribution in [0.15, 0.2) is 66.7 Å². The summed E-state index contributed by atoms with van der Waals surface area (Å²) in [6.45, 7) is -0.414. The number of ether oxygens (including phenoxy) is 1. The monoisotopic (exact) mass is 351 g/mol. The maximum atomic E-state index is 9.23. The largest absolute Gasteiger partial charge is 0.457 e. The number of hydrogen-bond donors (Lipinski definition) is 3. The van der Waals surface area contributed by atoms with Gasteiger partial charge in [-0.1, -0.05) is 48.5 Å². The van der Waals surface area contributed by atoms with E-state index >= 15 is 0 Å². The van der Waals surface area contributed by atoms with Crippen LogP contribution in [0.25, 0.3) is 10.8 Å². The molecule has 0 aliphatic carbocycles. The van der Waals surface area contributed by atoms with Crippen molar-refractivity contribution in [2.24, 2.45) is 5.73 Å². The lowest BCUT2D eigenvalue weighted by molar-refractivity contribution is 0.113. The van der Waals surface area contributed by atoms with Gasteiger partial charge >= 0.3 is 0 Å². The quantitative estimate of drug-likeness (QED) is 0.579. The number of hydrogen-bond acceptors (Lipinski definition) is 4. The van der Waals surface area contributed by atoms with E-state index in [1.54, 1.807) is 0 Å². The van der Waals surface area contributed by atoms with E-state index in [1.807, 2.05) is 48.5 Å². The molecule has 26 heavy (non-hydrogen) atoms. The molecule has 0 spiro atoms. The number of fused-ring (bicyclic) bond motifs is 1. The van der Waals surface area contributed by atoms with Gasteiger partial charge in [0.25, 0.3) is 0 Å². The van der Waals surface area contributed by atoms with Crippen LogP contribution in [0.3, 0.4) is 0 Å². The Morgan fingerprint density at radius 3 is 2.27 bits per heavy atom. The topological polar surface area (TPSA) is 75.7 Å². The molecule has 0 aliphatic rings. The van der Waals surface area contributed by atoms with Gasteiger partial charge in [0.1, 0.15) is 11.5 Å². The molecule has 0 aliphatic heterocycles. The summed E-state index contributed by atoms with van der Waals surface area (Å²) in [5.41, 5.74) is 6.18. The highest BCUT2D eigenvalue weighted by molar-refractivity contribution is 5.88. The van der Waals surface area contributed by atoms with Crippen LogP contribution in [0.5, 0.6) is 11.5 Å². The Balaban J connectivity index is 1.63. The van der Waals surface area contributed by atoms with E-state index in [0.717, 1.165) is 35.1 Å². The number of aryl methyl sites for hydroxylation is 1. The third-order valence-electron chi connectivity index (χ3n) is 4.67. The van der Waals surface area contributed by atoms with Gasteiger partial charge in [-0.25, -0.2) is 0 Å². The molecule has 0 saturated heterocycles. The lowest BCUT2D eigenvalue weighted by Gasteiger charge is -2.24. The van der Waals surface area contributed by atoms with E-state index in [1.165, 1.54) is 5.56 Å². The maximum Gasteiger partial charge on any atom is 0.135 e. The second-order valence-corrected chi connectivity index (χ2v) is 6.76. The van der Waals surface area contributed by atoms with Crippen molar-refractivity contribution < 1.29 is 14.9 Å². The predicted molar refractivity (Wildman–Crippen MR) is 104 cm³/mol. The lowest BCUT2D eigenvalue weighted by Crippen LogP contribution is -2.47. The second-order valence-electron chi connectivity index (χ2n) is 6.76. The molecule has 136 valence electrons. The van der Waals surface area contributed by atoms with E-state index in [2.05, 4.69) is 18.2 Å². The van der Waals surface area contributed by atoms with E-state index in [-0.39, 0.29) is 13.2 Å². The summed E-state index contributed by atoms with van der Waals surface area (Å²) < 4.78 is 6.05. The van der Waals surface area contributed by atoms with E-state index < -0.39 is 5.54 Å². The Morgan fingerprint density at radius 1 is 0.846 bits per heavy atom. The normalized spacial score (nSPS) is 11.7. The Labute approximate surface area is 153 Å². The van der Waals surface area contributed by atoms with Crippen LogP contribution in [-0.2, 0) is 6.42 Å². The summed E-state index contributed by atoms with van der Waals surface area (Å²) >= 11 is 0. The minimum Gasteiger partial charge on any atom is -0.457 e. The van der Waals surface area contributed by atoms with Crippen molar-refractivity contribution in [1.82, 2.24) is 0 Å². The number of benzene rings is 3. The third-order valence-corrected chi connectivity index (χ3v) is 4.67. The van der Waals surface area contributed by atoms with Crippen LogP contribution in [0.2, 0.25) is 0 Å². The van der Waals surface area contributed by atoms with Crippen LogP contribution in [0.1, 0.15) is 18.4 Å². The zero-order valence-corrected chi connectivity index (χ0v) is 14.8. The van der Waals surface area contributed by atoms with Crippen molar-refractivity contribution in [2.75, 3.05) is 13.2 Å². The summed E-state index contributed by atoms with van der Waals surface area (Å²) in [6, 6.07) is 22.2. The van der Waals surface area contributed by atoms with E-state index in [0.29, 0.717) is 6.42 Å². The van der Waals surface area contributed by atoms with Crippen LogP contribution in [0, 0.1) is 0 Å². The van der Waals surface area contributed by atoms with Gasteiger partial charge in [-0.05, 0) is 48.4 Å². The molecule has 0 unspecified atom stereocenters. The zero-order chi connectivity index (χ0) is 18.4. The summed E-state index contributed by atoms with van der Waals surface area (Å²) in [7, 11) is 0. The van der Waals surface area contributed by atoms with Gasteiger partial charge in [-0.3, -0.25) is 0 Å². The van der Waals surface area contributed by atoms with Gasteiger partial charge in [0.05, 0.1) is 18.8 Å². The summed E-state index contributed by atoms with van der Waals surface area (Å²) in [5.74, 6) is 1.64. The number of rotatable bonds is 8. The summed E-state index contributed by atoms with van der Waals surface area (Å²) in [4.78, 5) is 0. The molecule has 0 saturated carbocycles. The minimum atomic E-state index is -0.891. The zero-order valence-electron chi connectivity index (χ0n) is 14.8. The molecule has 0 aromatic heterocycles. The molecular formula is C22H25NO3. The second kappa shape index (κ2) is 8.32. The molecular weight excluding hydrogens is 326 g/mol. The Kier molecular flexibility index (Phi) is 5.89. The first-order chi connectivity index (χ1) is 12.6. The molecule has 0 atom stereocenters. The number of aliphatic hydroxyl groups is 2. The molecule has 0 bridgehead atoms. The van der Waals surface area contributed by atoms with Crippen LogP contribution >= 0.6 is 0 Å². The first kappa shape index (κ1) is 18.4. The SMILES string of the molecule is NC(CO)(CO)CCCc1ccc(Oc2cccc3ccccc23)cc1. The molecule has 0 fully saturated rings. The van der Waals surface area contributed by atoms with Gasteiger partial charge in [0.2, 0.25) is 0 Å². The Bertz CT molecular complexity index is 836. The van der Waals surface area contributed by atoms with Gasteiger partial charge < -0.3 is 20.7 Å². The van der Waals surface area contributed by atoms with Crippen molar-refractivity contribution in [3.8, 4) is 11.5 Å². The molecule has 3 aromatic carbocycles. The van der Waals surface area contributed by atoms with Crippen molar-refractivity contribution in [3.63, 3.8) is 0 Å². The molecule has 0 heterocycles. The van der Waals surface area contributed by atoms with Crippen molar-refractivity contribution in [3.05, 3.63) is 72.3 Å². The maximum absolute atomic E-state index is 9.23. The first-order valence-corrected chi connectivity index (χ1v) is 8.89. The lowest BCUT2D eigenvalue weighted by atomic mass is 9.94. The van der Waals surface area contributed by atoms with Crippen molar-refractivity contribution >= 4 is 10.8 Å². The molecule has 3 aromatic rings. The van der Waals surface area contributed by atoms with E-state index in [4.69, 9.17) is 10.5 Å². The fourth-order valence-electron chi connectivity index (χ4n) is 2.99. The highest BCUT2D eigenvalue weighted by atomic mass is 16.5. The van der Waals surface area contributed by atoms with Crippen LogP contribution in [-0.4, -0.2) is 29.0 Å². The third kappa shape index (κ3) is 4.41. The predicted octanol–water partition coefficient (Wildman–Crippen LogP) is 3.64. The Morgan fingerprint density at radius 2 is 1.54 bits per heavy atom. The van der Waals surface area contributed by atoms with Gasteiger partial charge in [0.15, 0.2) is 0 Å².